The molecule has 1 aliphatic rings. The largest absolute Gasteiger partial charge is 0.369 e. The maximum Gasteiger partial charge on any atom is 0.266 e. The summed E-state index contributed by atoms with van der Waals surface area (Å²) >= 11 is 1.23. The summed E-state index contributed by atoms with van der Waals surface area (Å²) < 4.78 is 34.7. The number of ether oxygens (including phenoxy) is 1. The molecule has 0 radical (unpaired) electrons. The van der Waals surface area contributed by atoms with E-state index in [1.165, 1.54) is 11.5 Å². The van der Waals surface area contributed by atoms with Crippen LogP contribution in [0.2, 0.25) is 0 Å². The SMILES string of the molecule is FC(F)C1CN(c2nc(-c3ccccc3)ns2)CCO1. The van der Waals surface area contributed by atoms with Crippen molar-refractivity contribution < 1.29 is 13.5 Å². The third kappa shape index (κ3) is 2.78. The smallest absolute Gasteiger partial charge is 0.266 e. The highest BCUT2D eigenvalue weighted by atomic mass is 32.1. The van der Waals surface area contributed by atoms with E-state index in [0.29, 0.717) is 17.5 Å². The van der Waals surface area contributed by atoms with Crippen molar-refractivity contribution in [2.24, 2.45) is 0 Å². The Hall–Kier alpha value is -1.60. The van der Waals surface area contributed by atoms with Crippen molar-refractivity contribution in [2.75, 3.05) is 24.6 Å². The molecule has 1 aliphatic heterocycles. The van der Waals surface area contributed by atoms with E-state index in [2.05, 4.69) is 9.36 Å². The first-order chi connectivity index (χ1) is 9.74. The van der Waals surface area contributed by atoms with Gasteiger partial charge in [-0.2, -0.15) is 9.36 Å². The lowest BCUT2D eigenvalue weighted by Gasteiger charge is -2.31. The third-order valence-corrected chi connectivity index (χ3v) is 3.87. The van der Waals surface area contributed by atoms with Crippen molar-refractivity contribution in [1.82, 2.24) is 9.36 Å². The molecular weight excluding hydrogens is 284 g/mol. The minimum Gasteiger partial charge on any atom is -0.369 e. The average Bonchev–Trinajstić information content (AvgIpc) is 2.98. The molecule has 1 aromatic carbocycles. The van der Waals surface area contributed by atoms with Crippen LogP contribution in [0, 0.1) is 0 Å². The molecule has 1 saturated heterocycles. The van der Waals surface area contributed by atoms with Gasteiger partial charge in [0.05, 0.1) is 13.2 Å². The van der Waals surface area contributed by atoms with E-state index < -0.39 is 12.5 Å². The molecule has 1 unspecified atom stereocenters. The van der Waals surface area contributed by atoms with Crippen molar-refractivity contribution in [1.29, 1.82) is 0 Å². The second-order valence-electron chi connectivity index (χ2n) is 4.46. The lowest BCUT2D eigenvalue weighted by molar-refractivity contribution is -0.0614. The van der Waals surface area contributed by atoms with Gasteiger partial charge in [0.15, 0.2) is 5.82 Å². The number of benzene rings is 1. The Balaban J connectivity index is 1.77. The number of alkyl halides is 2. The van der Waals surface area contributed by atoms with Gasteiger partial charge in [0.1, 0.15) is 6.10 Å². The molecule has 106 valence electrons. The van der Waals surface area contributed by atoms with Crippen LogP contribution < -0.4 is 4.90 Å². The quantitative estimate of drug-likeness (QED) is 0.873. The molecule has 4 nitrogen and oxygen atoms in total. The van der Waals surface area contributed by atoms with Crippen LogP contribution in [0.1, 0.15) is 0 Å². The summed E-state index contributed by atoms with van der Waals surface area (Å²) in [6, 6.07) is 9.60. The van der Waals surface area contributed by atoms with Crippen LogP contribution >= 0.6 is 11.5 Å². The highest BCUT2D eigenvalue weighted by molar-refractivity contribution is 7.09. The molecular formula is C13H13F2N3OS. The molecule has 2 heterocycles. The molecule has 3 rings (SSSR count). The number of anilines is 1. The highest BCUT2D eigenvalue weighted by Gasteiger charge is 2.29. The van der Waals surface area contributed by atoms with Crippen molar-refractivity contribution in [3.63, 3.8) is 0 Å². The maximum atomic E-state index is 12.7. The molecule has 2 aromatic rings. The van der Waals surface area contributed by atoms with E-state index in [9.17, 15) is 8.78 Å². The van der Waals surface area contributed by atoms with E-state index in [4.69, 9.17) is 4.74 Å². The van der Waals surface area contributed by atoms with E-state index in [0.717, 1.165) is 5.56 Å². The third-order valence-electron chi connectivity index (χ3n) is 3.09. The van der Waals surface area contributed by atoms with Gasteiger partial charge >= 0.3 is 0 Å². The van der Waals surface area contributed by atoms with Crippen molar-refractivity contribution in [3.8, 4) is 11.4 Å². The standard InChI is InChI=1S/C13H13F2N3OS/c14-11(15)10-8-18(6-7-19-10)13-16-12(17-20-13)9-4-2-1-3-5-9/h1-5,10-11H,6-8H2. The number of rotatable bonds is 3. The molecule has 0 aliphatic carbocycles. The summed E-state index contributed by atoms with van der Waals surface area (Å²) in [4.78, 5) is 6.24. The first-order valence-corrected chi connectivity index (χ1v) is 7.05. The van der Waals surface area contributed by atoms with Gasteiger partial charge in [-0.3, -0.25) is 0 Å². The molecule has 0 spiro atoms. The Morgan fingerprint density at radius 2 is 2.10 bits per heavy atom. The normalized spacial score (nSPS) is 19.6. The summed E-state index contributed by atoms with van der Waals surface area (Å²) in [5.74, 6) is 0.630. The average molecular weight is 297 g/mol. The van der Waals surface area contributed by atoms with Crippen LogP contribution in [0.3, 0.4) is 0 Å². The van der Waals surface area contributed by atoms with Gasteiger partial charge in [-0.15, -0.1) is 0 Å². The summed E-state index contributed by atoms with van der Waals surface area (Å²) in [6.07, 6.45) is -3.52. The lowest BCUT2D eigenvalue weighted by Crippen LogP contribution is -2.45. The van der Waals surface area contributed by atoms with Gasteiger partial charge < -0.3 is 9.64 Å². The minimum atomic E-state index is -2.47. The van der Waals surface area contributed by atoms with Crippen LogP contribution in [0.5, 0.6) is 0 Å². The zero-order chi connectivity index (χ0) is 13.9. The monoisotopic (exact) mass is 297 g/mol. The number of hydrogen-bond donors (Lipinski definition) is 0. The number of hydrogen-bond acceptors (Lipinski definition) is 5. The van der Waals surface area contributed by atoms with E-state index in [1.807, 2.05) is 35.2 Å². The molecule has 1 aromatic heterocycles. The molecule has 1 fully saturated rings. The molecule has 0 bridgehead atoms. The molecule has 0 amide bonds. The maximum absolute atomic E-state index is 12.7. The Morgan fingerprint density at radius 3 is 2.85 bits per heavy atom. The van der Waals surface area contributed by atoms with Gasteiger partial charge in [-0.05, 0) is 0 Å². The van der Waals surface area contributed by atoms with E-state index >= 15 is 0 Å². The fourth-order valence-electron chi connectivity index (χ4n) is 2.05. The van der Waals surface area contributed by atoms with Gasteiger partial charge in [-0.1, -0.05) is 30.3 Å². The van der Waals surface area contributed by atoms with E-state index in [1.54, 1.807) is 0 Å². The van der Waals surface area contributed by atoms with Crippen molar-refractivity contribution in [2.45, 2.75) is 12.5 Å². The first-order valence-electron chi connectivity index (χ1n) is 6.28. The fraction of sp³-hybridized carbons (Fsp3) is 0.385. The molecule has 0 N–H and O–H groups in total. The molecule has 7 heteroatoms. The predicted molar refractivity (Wildman–Crippen MR) is 73.3 cm³/mol. The summed E-state index contributed by atoms with van der Waals surface area (Å²) in [5.41, 5.74) is 0.925. The highest BCUT2D eigenvalue weighted by Crippen LogP contribution is 2.26. The van der Waals surface area contributed by atoms with Gasteiger partial charge in [0.25, 0.3) is 6.43 Å². The van der Waals surface area contributed by atoms with Crippen LogP contribution in [0.25, 0.3) is 11.4 Å². The number of morpholine rings is 1. The zero-order valence-corrected chi connectivity index (χ0v) is 11.4. The minimum absolute atomic E-state index is 0.154. The number of aromatic nitrogens is 2. The van der Waals surface area contributed by atoms with Crippen LogP contribution in [0.4, 0.5) is 13.9 Å². The summed E-state index contributed by atoms with van der Waals surface area (Å²) in [5, 5.41) is 0.665. The second-order valence-corrected chi connectivity index (χ2v) is 5.19. The molecule has 0 saturated carbocycles. The van der Waals surface area contributed by atoms with E-state index in [-0.39, 0.29) is 13.2 Å². The number of nitrogens with zero attached hydrogens (tertiary/aromatic N) is 3. The topological polar surface area (TPSA) is 38.2 Å². The fourth-order valence-corrected chi connectivity index (χ4v) is 2.77. The van der Waals surface area contributed by atoms with Crippen LogP contribution in [0.15, 0.2) is 30.3 Å². The zero-order valence-electron chi connectivity index (χ0n) is 10.6. The summed E-state index contributed by atoms with van der Waals surface area (Å²) in [7, 11) is 0. The lowest BCUT2D eigenvalue weighted by atomic mass is 10.2. The van der Waals surface area contributed by atoms with Crippen LogP contribution in [-0.4, -0.2) is 41.6 Å². The van der Waals surface area contributed by atoms with Gasteiger partial charge in [0.2, 0.25) is 5.13 Å². The van der Waals surface area contributed by atoms with Gasteiger partial charge in [0, 0.05) is 23.6 Å². The number of halogens is 2. The Morgan fingerprint density at radius 1 is 1.30 bits per heavy atom. The first kappa shape index (κ1) is 13.4. The Labute approximate surface area is 119 Å². The van der Waals surface area contributed by atoms with Gasteiger partial charge in [-0.25, -0.2) is 8.78 Å². The van der Waals surface area contributed by atoms with Crippen molar-refractivity contribution >= 4 is 16.7 Å². The predicted octanol–water partition coefficient (Wildman–Crippen LogP) is 2.68. The second kappa shape index (κ2) is 5.80. The van der Waals surface area contributed by atoms with Crippen LogP contribution in [-0.2, 0) is 4.74 Å². The van der Waals surface area contributed by atoms with Crippen molar-refractivity contribution in [3.05, 3.63) is 30.3 Å². The Kier molecular flexibility index (Phi) is 3.88. The molecule has 1 atom stereocenters. The summed E-state index contributed by atoms with van der Waals surface area (Å²) in [6.45, 7) is 1.00. The Bertz CT molecular complexity index is 564. The molecule has 20 heavy (non-hydrogen) atoms.